The summed E-state index contributed by atoms with van der Waals surface area (Å²) in [5, 5.41) is 3.87. The van der Waals surface area contributed by atoms with Crippen molar-refractivity contribution in [1.29, 1.82) is 0 Å². The van der Waals surface area contributed by atoms with Gasteiger partial charge in [-0.15, -0.1) is 0 Å². The molecule has 0 fully saturated rings. The highest BCUT2D eigenvalue weighted by atomic mass is 16.3. The molecule has 51 heavy (non-hydrogen) atoms. The van der Waals surface area contributed by atoms with Crippen molar-refractivity contribution in [1.82, 2.24) is 0 Å². The maximum Gasteiger partial charge on any atom is 0.147 e. The number of hydrogen-bond donors (Lipinski definition) is 0. The molecule has 3 nitrogen and oxygen atoms in total. The first-order valence-electron chi connectivity index (χ1n) is 21.4. The Hall–Kier alpha value is -6.84. The van der Waals surface area contributed by atoms with Crippen LogP contribution in [0.1, 0.15) is 13.7 Å². The van der Waals surface area contributed by atoms with E-state index in [0.29, 0.717) is 22.5 Å². The van der Waals surface area contributed by atoms with Gasteiger partial charge < -0.3 is 13.7 Å². The zero-order chi connectivity index (χ0) is 42.4. The lowest BCUT2D eigenvalue weighted by Gasteiger charge is -2.26. The topological polar surface area (TPSA) is 29.5 Å². The van der Waals surface area contributed by atoms with Gasteiger partial charge >= 0.3 is 0 Å². The van der Waals surface area contributed by atoms with Crippen LogP contribution in [0.4, 0.5) is 17.1 Å². The summed E-state index contributed by atoms with van der Waals surface area (Å²) >= 11 is 0. The smallest absolute Gasteiger partial charge is 0.147 e. The lowest BCUT2D eigenvalue weighted by atomic mass is 10.0. The van der Waals surface area contributed by atoms with Crippen LogP contribution in [0, 0.1) is 0 Å². The molecular weight excluding hydrogens is 623 g/mol. The average Bonchev–Trinajstić information content (AvgIpc) is 3.86. The first kappa shape index (κ1) is 20.6. The van der Waals surface area contributed by atoms with Crippen molar-refractivity contribution in [2.75, 3.05) is 4.90 Å². The molecule has 0 aliphatic heterocycles. The molecule has 0 radical (unpaired) electrons. The van der Waals surface area contributed by atoms with Gasteiger partial charge in [0.2, 0.25) is 0 Å². The molecule has 0 aliphatic rings. The Morgan fingerprint density at radius 2 is 0.902 bits per heavy atom. The SMILES string of the molecule is [2H]c1c([2H])c([2H])c(-c2ccc(N(c3ccc(-c4c([2H])c([2H])c([2H])c([2H])c4[2H])cc3)c3ccc(-c4cccc5c4oc4c5ccc5oc6ccccc6c54)cc3)cc2)c([2H])c1[2H]. The summed E-state index contributed by atoms with van der Waals surface area (Å²) in [5.74, 6) is 0. The third-order valence-electron chi connectivity index (χ3n) is 9.27. The van der Waals surface area contributed by atoms with Crippen molar-refractivity contribution < 1.29 is 22.5 Å². The molecule has 10 rings (SSSR count). The van der Waals surface area contributed by atoms with Crippen LogP contribution in [-0.4, -0.2) is 0 Å². The number of rotatable bonds is 6. The van der Waals surface area contributed by atoms with Crippen molar-refractivity contribution in [2.45, 2.75) is 0 Å². The van der Waals surface area contributed by atoms with Crippen molar-refractivity contribution in [3.63, 3.8) is 0 Å². The second-order valence-corrected chi connectivity index (χ2v) is 12.2. The maximum absolute atomic E-state index is 8.52. The number of anilines is 3. The Morgan fingerprint density at radius 3 is 1.51 bits per heavy atom. The van der Waals surface area contributed by atoms with E-state index in [9.17, 15) is 0 Å². The summed E-state index contributed by atoms with van der Waals surface area (Å²) < 4.78 is 95.7. The molecule has 2 heterocycles. The van der Waals surface area contributed by atoms with Crippen LogP contribution in [0.15, 0.2) is 197 Å². The second kappa shape index (κ2) is 11.9. The minimum atomic E-state index is -0.461. The Bertz CT molecular complexity index is 3240. The molecule has 8 aromatic carbocycles. The predicted molar refractivity (Wildman–Crippen MR) is 212 cm³/mol. The standard InChI is InChI=1S/C48H31NO2/c1-3-10-32(11-4-1)34-18-24-37(25-19-34)49(38-26-20-35(21-27-38)33-12-5-2-6-13-33)39-28-22-36(23-29-39)40-15-9-16-41-42-30-31-45-46(48(42)51-47(40)41)43-14-7-8-17-44(43)50-45/h1-31H/i1D,2D,3D,4D,5D,6D,10D,11D,12D,13D. The lowest BCUT2D eigenvalue weighted by molar-refractivity contribution is 0.663. The highest BCUT2D eigenvalue weighted by molar-refractivity contribution is 6.23. The molecule has 0 bridgehead atoms. The fraction of sp³-hybridized carbons (Fsp3) is 0. The second-order valence-electron chi connectivity index (χ2n) is 12.2. The molecule has 0 N–H and O–H groups in total. The monoisotopic (exact) mass is 663 g/mol. The summed E-state index contributed by atoms with van der Waals surface area (Å²) in [4.78, 5) is 1.98. The zero-order valence-corrected chi connectivity index (χ0v) is 26.9. The Labute approximate surface area is 309 Å². The average molecular weight is 664 g/mol. The molecule has 240 valence electrons. The molecule has 2 aromatic heterocycles. The Morgan fingerprint density at radius 1 is 0.373 bits per heavy atom. The minimum absolute atomic E-state index is 0.0953. The van der Waals surface area contributed by atoms with Gasteiger partial charge in [-0.05, 0) is 82.4 Å². The first-order valence-corrected chi connectivity index (χ1v) is 16.4. The van der Waals surface area contributed by atoms with Crippen LogP contribution in [0.3, 0.4) is 0 Å². The van der Waals surface area contributed by atoms with Crippen LogP contribution < -0.4 is 4.90 Å². The van der Waals surface area contributed by atoms with Crippen LogP contribution in [0.25, 0.3) is 77.3 Å². The van der Waals surface area contributed by atoms with E-state index in [-0.39, 0.29) is 35.3 Å². The molecular formula is C48H31NO2. The van der Waals surface area contributed by atoms with Gasteiger partial charge in [0.05, 0.1) is 19.1 Å². The fourth-order valence-electron chi connectivity index (χ4n) is 6.87. The molecule has 0 aliphatic carbocycles. The highest BCUT2D eigenvalue weighted by Crippen LogP contribution is 2.43. The van der Waals surface area contributed by atoms with E-state index in [2.05, 4.69) is 6.07 Å². The van der Waals surface area contributed by atoms with Gasteiger partial charge in [0.25, 0.3) is 0 Å². The van der Waals surface area contributed by atoms with E-state index < -0.39 is 36.3 Å². The first-order chi connectivity index (χ1) is 29.4. The molecule has 0 amide bonds. The van der Waals surface area contributed by atoms with Crippen molar-refractivity contribution in [3.05, 3.63) is 188 Å². The summed E-state index contributed by atoms with van der Waals surface area (Å²) in [7, 11) is 0. The van der Waals surface area contributed by atoms with Crippen molar-refractivity contribution in [3.8, 4) is 33.4 Å². The van der Waals surface area contributed by atoms with Gasteiger partial charge in [-0.1, -0.05) is 133 Å². The summed E-state index contributed by atoms with van der Waals surface area (Å²) in [6, 6.07) is 36.3. The Kier molecular flexibility index (Phi) is 4.83. The van der Waals surface area contributed by atoms with E-state index in [1.54, 1.807) is 24.3 Å². The predicted octanol–water partition coefficient (Wildman–Crippen LogP) is 14.0. The molecule has 10 aromatic rings. The molecule has 0 unspecified atom stereocenters. The zero-order valence-electron chi connectivity index (χ0n) is 36.9. The van der Waals surface area contributed by atoms with Crippen LogP contribution in [0.2, 0.25) is 0 Å². The summed E-state index contributed by atoms with van der Waals surface area (Å²) in [5.41, 5.74) is 8.09. The van der Waals surface area contributed by atoms with Gasteiger partial charge in [-0.3, -0.25) is 0 Å². The molecule has 3 heteroatoms. The number of furan rings is 2. The van der Waals surface area contributed by atoms with Gasteiger partial charge in [0, 0.05) is 38.8 Å². The number of para-hydroxylation sites is 2. The number of benzene rings is 8. The normalized spacial score (nSPS) is 14.3. The van der Waals surface area contributed by atoms with E-state index >= 15 is 0 Å². The van der Waals surface area contributed by atoms with Crippen LogP contribution in [0.5, 0.6) is 0 Å². The van der Waals surface area contributed by atoms with E-state index in [1.165, 1.54) is 0 Å². The molecule has 0 saturated heterocycles. The van der Waals surface area contributed by atoms with Crippen molar-refractivity contribution >= 4 is 60.9 Å². The molecule has 0 spiro atoms. The lowest BCUT2D eigenvalue weighted by Crippen LogP contribution is -2.09. The van der Waals surface area contributed by atoms with Crippen LogP contribution in [-0.2, 0) is 0 Å². The van der Waals surface area contributed by atoms with E-state index in [4.69, 9.17) is 22.5 Å². The number of hydrogen-bond acceptors (Lipinski definition) is 3. The molecule has 0 saturated carbocycles. The minimum Gasteiger partial charge on any atom is -0.456 e. The van der Waals surface area contributed by atoms with E-state index in [0.717, 1.165) is 60.7 Å². The number of nitrogens with zero attached hydrogens (tertiary/aromatic N) is 1. The number of fused-ring (bicyclic) bond motifs is 7. The third-order valence-corrected chi connectivity index (χ3v) is 9.27. The van der Waals surface area contributed by atoms with Gasteiger partial charge in [-0.25, -0.2) is 0 Å². The van der Waals surface area contributed by atoms with Gasteiger partial charge in [-0.2, -0.15) is 0 Å². The van der Waals surface area contributed by atoms with E-state index in [1.807, 2.05) is 102 Å². The maximum atomic E-state index is 8.52. The highest BCUT2D eigenvalue weighted by Gasteiger charge is 2.19. The van der Waals surface area contributed by atoms with Gasteiger partial charge in [0.1, 0.15) is 22.3 Å². The van der Waals surface area contributed by atoms with Crippen molar-refractivity contribution in [2.24, 2.45) is 0 Å². The Balaban J connectivity index is 1.08. The largest absolute Gasteiger partial charge is 0.456 e. The third kappa shape index (κ3) is 4.98. The van der Waals surface area contributed by atoms with Gasteiger partial charge in [0.15, 0.2) is 0 Å². The van der Waals surface area contributed by atoms with Crippen LogP contribution >= 0.6 is 0 Å². The summed E-state index contributed by atoms with van der Waals surface area (Å²) in [6.07, 6.45) is 0. The fourth-order valence-corrected chi connectivity index (χ4v) is 6.87. The molecule has 0 atom stereocenters. The summed E-state index contributed by atoms with van der Waals surface area (Å²) in [6.45, 7) is 0. The quantitative estimate of drug-likeness (QED) is 0.177.